The quantitative estimate of drug-likeness (QED) is 0.930. The summed E-state index contributed by atoms with van der Waals surface area (Å²) in [6, 6.07) is 9.74. The Morgan fingerprint density at radius 3 is 2.81 bits per heavy atom. The second-order valence-corrected chi connectivity index (χ2v) is 5.52. The summed E-state index contributed by atoms with van der Waals surface area (Å²) in [6.45, 7) is 1.47. The van der Waals surface area contributed by atoms with Crippen molar-refractivity contribution < 1.29 is 9.90 Å². The minimum Gasteiger partial charge on any atom is -0.396 e. The molecule has 1 amide bonds. The maximum absolute atomic E-state index is 12.7. The van der Waals surface area contributed by atoms with E-state index < -0.39 is 0 Å². The maximum atomic E-state index is 12.7. The number of aromatic nitrogens is 2. The van der Waals surface area contributed by atoms with Crippen molar-refractivity contribution in [3.63, 3.8) is 0 Å². The third-order valence-corrected chi connectivity index (χ3v) is 3.94. The van der Waals surface area contributed by atoms with E-state index in [0.717, 1.165) is 17.7 Å². The third kappa shape index (κ3) is 2.69. The number of rotatable bonds is 3. The zero-order valence-corrected chi connectivity index (χ0v) is 12.1. The molecule has 0 bridgehead atoms. The summed E-state index contributed by atoms with van der Waals surface area (Å²) in [5.41, 5.74) is 2.29. The number of likely N-dealkylation sites (tertiary alicyclic amines) is 1. The van der Waals surface area contributed by atoms with E-state index in [0.29, 0.717) is 18.7 Å². The maximum Gasteiger partial charge on any atom is 0.257 e. The standard InChI is InChI=1S/C16H19N3O2/c1-18-10-14(15(17-18)13-5-3-2-4-6-13)16(21)19-8-7-12(9-19)11-20/h2-6,10,12,20H,7-9,11H2,1H3. The van der Waals surface area contributed by atoms with Gasteiger partial charge in [-0.2, -0.15) is 5.10 Å². The van der Waals surface area contributed by atoms with Gasteiger partial charge in [-0.25, -0.2) is 0 Å². The second-order valence-electron chi connectivity index (χ2n) is 5.52. The lowest BCUT2D eigenvalue weighted by molar-refractivity contribution is 0.0782. The number of hydrogen-bond donors (Lipinski definition) is 1. The lowest BCUT2D eigenvalue weighted by Crippen LogP contribution is -2.29. The molecule has 2 aromatic rings. The summed E-state index contributed by atoms with van der Waals surface area (Å²) in [7, 11) is 1.82. The number of aliphatic hydroxyl groups excluding tert-OH is 1. The molecule has 1 aliphatic heterocycles. The van der Waals surface area contributed by atoms with E-state index in [9.17, 15) is 9.90 Å². The van der Waals surface area contributed by atoms with Gasteiger partial charge >= 0.3 is 0 Å². The molecule has 1 fully saturated rings. The van der Waals surface area contributed by atoms with Crippen LogP contribution in [0.3, 0.4) is 0 Å². The van der Waals surface area contributed by atoms with Gasteiger partial charge in [-0.1, -0.05) is 30.3 Å². The number of carbonyl (C=O) groups excluding carboxylic acids is 1. The van der Waals surface area contributed by atoms with Gasteiger partial charge in [-0.15, -0.1) is 0 Å². The lowest BCUT2D eigenvalue weighted by atomic mass is 10.1. The first kappa shape index (κ1) is 13.8. The largest absolute Gasteiger partial charge is 0.396 e. The number of amides is 1. The Morgan fingerprint density at radius 2 is 2.14 bits per heavy atom. The molecular weight excluding hydrogens is 266 g/mol. The SMILES string of the molecule is Cn1cc(C(=O)N2CCC(CO)C2)c(-c2ccccc2)n1. The number of benzene rings is 1. The van der Waals surface area contributed by atoms with Crippen LogP contribution in [-0.4, -0.2) is 45.4 Å². The first-order valence-corrected chi connectivity index (χ1v) is 7.18. The highest BCUT2D eigenvalue weighted by Crippen LogP contribution is 2.25. The van der Waals surface area contributed by atoms with Crippen LogP contribution < -0.4 is 0 Å². The smallest absolute Gasteiger partial charge is 0.257 e. The van der Waals surface area contributed by atoms with E-state index in [4.69, 9.17) is 0 Å². The topological polar surface area (TPSA) is 58.4 Å². The number of nitrogens with zero attached hydrogens (tertiary/aromatic N) is 3. The Balaban J connectivity index is 1.91. The van der Waals surface area contributed by atoms with Gasteiger partial charge in [0.25, 0.3) is 5.91 Å². The molecule has 3 rings (SSSR count). The van der Waals surface area contributed by atoms with Crippen molar-refractivity contribution in [1.82, 2.24) is 14.7 Å². The summed E-state index contributed by atoms with van der Waals surface area (Å²) in [5.74, 6) is 0.198. The van der Waals surface area contributed by atoms with Gasteiger partial charge in [-0.05, 0) is 6.42 Å². The zero-order valence-electron chi connectivity index (χ0n) is 12.1. The monoisotopic (exact) mass is 285 g/mol. The third-order valence-electron chi connectivity index (χ3n) is 3.94. The molecule has 110 valence electrons. The first-order valence-electron chi connectivity index (χ1n) is 7.18. The van der Waals surface area contributed by atoms with E-state index in [2.05, 4.69) is 5.10 Å². The Bertz CT molecular complexity index is 636. The molecule has 0 spiro atoms. The van der Waals surface area contributed by atoms with Crippen LogP contribution in [0.25, 0.3) is 11.3 Å². The summed E-state index contributed by atoms with van der Waals surface area (Å²) < 4.78 is 1.68. The van der Waals surface area contributed by atoms with Crippen molar-refractivity contribution in [2.75, 3.05) is 19.7 Å². The van der Waals surface area contributed by atoms with Crippen molar-refractivity contribution in [3.05, 3.63) is 42.1 Å². The number of aryl methyl sites for hydroxylation is 1. The van der Waals surface area contributed by atoms with Gasteiger partial charge in [-0.3, -0.25) is 9.48 Å². The molecule has 2 heterocycles. The van der Waals surface area contributed by atoms with Gasteiger partial charge in [0.05, 0.1) is 5.56 Å². The summed E-state index contributed by atoms with van der Waals surface area (Å²) in [6.07, 6.45) is 2.64. The van der Waals surface area contributed by atoms with Crippen molar-refractivity contribution in [3.8, 4) is 11.3 Å². The molecule has 0 aliphatic carbocycles. The predicted octanol–water partition coefficient (Wildman–Crippen LogP) is 1.54. The number of carbonyl (C=O) groups is 1. The highest BCUT2D eigenvalue weighted by molar-refractivity contribution is 5.99. The van der Waals surface area contributed by atoms with E-state index in [-0.39, 0.29) is 18.4 Å². The normalized spacial score (nSPS) is 18.2. The van der Waals surface area contributed by atoms with Crippen LogP contribution >= 0.6 is 0 Å². The minimum atomic E-state index is -0.00194. The molecule has 1 aliphatic rings. The van der Waals surface area contributed by atoms with Gasteiger partial charge in [0.1, 0.15) is 5.69 Å². The molecule has 1 unspecified atom stereocenters. The average Bonchev–Trinajstić information content (AvgIpc) is 3.14. The minimum absolute atomic E-state index is 0.00194. The van der Waals surface area contributed by atoms with Crippen LogP contribution in [0, 0.1) is 5.92 Å². The fourth-order valence-electron chi connectivity index (χ4n) is 2.79. The van der Waals surface area contributed by atoms with E-state index in [1.54, 1.807) is 10.9 Å². The first-order chi connectivity index (χ1) is 10.2. The molecular formula is C16H19N3O2. The predicted molar refractivity (Wildman–Crippen MR) is 79.7 cm³/mol. The van der Waals surface area contributed by atoms with E-state index in [1.165, 1.54) is 0 Å². The van der Waals surface area contributed by atoms with Crippen LogP contribution in [0.15, 0.2) is 36.5 Å². The van der Waals surface area contributed by atoms with E-state index >= 15 is 0 Å². The van der Waals surface area contributed by atoms with Gasteiger partial charge in [0.15, 0.2) is 0 Å². The van der Waals surface area contributed by atoms with Crippen molar-refractivity contribution in [1.29, 1.82) is 0 Å². The van der Waals surface area contributed by atoms with Crippen LogP contribution in [0.2, 0.25) is 0 Å². The summed E-state index contributed by atoms with van der Waals surface area (Å²) in [5, 5.41) is 13.7. The van der Waals surface area contributed by atoms with Crippen molar-refractivity contribution >= 4 is 5.91 Å². The molecule has 1 atom stereocenters. The van der Waals surface area contributed by atoms with E-state index in [1.807, 2.05) is 42.3 Å². The Morgan fingerprint density at radius 1 is 1.38 bits per heavy atom. The number of hydrogen-bond acceptors (Lipinski definition) is 3. The average molecular weight is 285 g/mol. The Hall–Kier alpha value is -2.14. The molecule has 1 aromatic carbocycles. The molecule has 1 aromatic heterocycles. The van der Waals surface area contributed by atoms with Gasteiger partial charge in [0, 0.05) is 44.4 Å². The number of aliphatic hydroxyl groups is 1. The second kappa shape index (κ2) is 5.69. The highest BCUT2D eigenvalue weighted by atomic mass is 16.3. The fourth-order valence-corrected chi connectivity index (χ4v) is 2.79. The summed E-state index contributed by atoms with van der Waals surface area (Å²) in [4.78, 5) is 14.5. The lowest BCUT2D eigenvalue weighted by Gasteiger charge is -2.16. The van der Waals surface area contributed by atoms with Crippen molar-refractivity contribution in [2.24, 2.45) is 13.0 Å². The van der Waals surface area contributed by atoms with Crippen LogP contribution in [0.5, 0.6) is 0 Å². The molecule has 0 saturated carbocycles. The molecule has 1 N–H and O–H groups in total. The van der Waals surface area contributed by atoms with Crippen molar-refractivity contribution in [2.45, 2.75) is 6.42 Å². The molecule has 21 heavy (non-hydrogen) atoms. The fraction of sp³-hybridized carbons (Fsp3) is 0.375. The van der Waals surface area contributed by atoms with Gasteiger partial charge in [0.2, 0.25) is 0 Å². The molecule has 1 saturated heterocycles. The Kier molecular flexibility index (Phi) is 3.75. The highest BCUT2D eigenvalue weighted by Gasteiger charge is 2.29. The zero-order chi connectivity index (χ0) is 14.8. The van der Waals surface area contributed by atoms with Crippen LogP contribution in [0.4, 0.5) is 0 Å². The Labute approximate surface area is 123 Å². The van der Waals surface area contributed by atoms with Crippen LogP contribution in [0.1, 0.15) is 16.8 Å². The molecule has 5 heteroatoms. The molecule has 0 radical (unpaired) electrons. The van der Waals surface area contributed by atoms with Gasteiger partial charge < -0.3 is 10.0 Å². The van der Waals surface area contributed by atoms with Crippen LogP contribution in [-0.2, 0) is 7.05 Å². The summed E-state index contributed by atoms with van der Waals surface area (Å²) >= 11 is 0. The molecule has 5 nitrogen and oxygen atoms in total.